The molecule has 1 aromatic carbocycles. The first-order valence-corrected chi connectivity index (χ1v) is 7.54. The van der Waals surface area contributed by atoms with Crippen molar-refractivity contribution < 1.29 is 19.5 Å². The lowest BCUT2D eigenvalue weighted by atomic mass is 10.1. The molecule has 0 aliphatic rings. The smallest absolute Gasteiger partial charge is 0.243 e. The van der Waals surface area contributed by atoms with Gasteiger partial charge in [-0.15, -0.1) is 0 Å². The predicted octanol–water partition coefficient (Wildman–Crippen LogP) is 1.99. The van der Waals surface area contributed by atoms with Crippen LogP contribution in [0, 0.1) is 0 Å². The quantitative estimate of drug-likeness (QED) is 0.265. The minimum Gasteiger partial charge on any atom is -0.497 e. The van der Waals surface area contributed by atoms with Crippen LogP contribution in [0.15, 0.2) is 29.4 Å². The van der Waals surface area contributed by atoms with Crippen molar-refractivity contribution in [3.05, 3.63) is 29.8 Å². The number of nitrogens with one attached hydrogen (secondary N) is 2. The lowest BCUT2D eigenvalue weighted by molar-refractivity contribution is -0.129. The van der Waals surface area contributed by atoms with Crippen molar-refractivity contribution in [2.24, 2.45) is 5.10 Å². The number of carbonyl (C=O) groups excluding carboxylic acids is 2. The molecule has 3 N–H and O–H groups in total. The first kappa shape index (κ1) is 18.6. The van der Waals surface area contributed by atoms with E-state index in [4.69, 9.17) is 9.94 Å². The van der Waals surface area contributed by atoms with Crippen LogP contribution >= 0.6 is 0 Å². The summed E-state index contributed by atoms with van der Waals surface area (Å²) in [6.45, 7) is 0. The van der Waals surface area contributed by atoms with Gasteiger partial charge in [0.1, 0.15) is 5.75 Å². The van der Waals surface area contributed by atoms with Gasteiger partial charge in [0.05, 0.1) is 13.3 Å². The highest BCUT2D eigenvalue weighted by atomic mass is 16.5. The third-order valence-electron chi connectivity index (χ3n) is 3.20. The van der Waals surface area contributed by atoms with E-state index in [2.05, 4.69) is 10.5 Å². The van der Waals surface area contributed by atoms with E-state index in [9.17, 15) is 9.59 Å². The first-order chi connectivity index (χ1) is 11.2. The Morgan fingerprint density at radius 1 is 1.09 bits per heavy atom. The van der Waals surface area contributed by atoms with Gasteiger partial charge in [-0.05, 0) is 42.7 Å². The van der Waals surface area contributed by atoms with E-state index < -0.39 is 0 Å². The second-order valence-electron chi connectivity index (χ2n) is 5.02. The highest BCUT2D eigenvalue weighted by molar-refractivity contribution is 5.82. The van der Waals surface area contributed by atoms with Gasteiger partial charge in [0, 0.05) is 12.8 Å². The summed E-state index contributed by atoms with van der Waals surface area (Å²) in [4.78, 5) is 22.4. The largest absolute Gasteiger partial charge is 0.497 e. The number of methoxy groups -OCH3 is 1. The average Bonchev–Trinajstić information content (AvgIpc) is 2.58. The molecule has 23 heavy (non-hydrogen) atoms. The number of rotatable bonds is 10. The summed E-state index contributed by atoms with van der Waals surface area (Å²) in [5.41, 5.74) is 4.94. The molecule has 0 spiro atoms. The molecule has 0 aliphatic heterocycles. The van der Waals surface area contributed by atoms with Crippen LogP contribution in [-0.4, -0.2) is 30.3 Å². The third-order valence-corrected chi connectivity index (χ3v) is 3.20. The second-order valence-corrected chi connectivity index (χ2v) is 5.02. The van der Waals surface area contributed by atoms with E-state index in [1.165, 1.54) is 0 Å². The van der Waals surface area contributed by atoms with Gasteiger partial charge in [0.25, 0.3) is 0 Å². The van der Waals surface area contributed by atoms with E-state index in [-0.39, 0.29) is 11.8 Å². The lowest BCUT2D eigenvalue weighted by Gasteiger charge is -2.01. The number of benzene rings is 1. The predicted molar refractivity (Wildman–Crippen MR) is 86.4 cm³/mol. The molecule has 0 atom stereocenters. The zero-order chi connectivity index (χ0) is 16.9. The molecule has 0 saturated carbocycles. The fourth-order valence-electron chi connectivity index (χ4n) is 1.91. The number of nitrogens with zero attached hydrogens (tertiary/aromatic N) is 1. The second kappa shape index (κ2) is 11.2. The number of amides is 2. The Labute approximate surface area is 135 Å². The van der Waals surface area contributed by atoms with Crippen molar-refractivity contribution in [3.63, 3.8) is 0 Å². The van der Waals surface area contributed by atoms with Crippen LogP contribution in [0.25, 0.3) is 0 Å². The fraction of sp³-hybridized carbons (Fsp3) is 0.438. The molecule has 7 heteroatoms. The Morgan fingerprint density at radius 3 is 2.26 bits per heavy atom. The summed E-state index contributed by atoms with van der Waals surface area (Å²) in [6, 6.07) is 7.33. The van der Waals surface area contributed by atoms with Gasteiger partial charge in [0.2, 0.25) is 11.8 Å². The Bertz CT molecular complexity index is 515. The van der Waals surface area contributed by atoms with Crippen molar-refractivity contribution in [1.29, 1.82) is 0 Å². The van der Waals surface area contributed by atoms with Gasteiger partial charge in [0.15, 0.2) is 0 Å². The topological polar surface area (TPSA) is 100 Å². The molecule has 0 aliphatic carbocycles. The molecule has 7 nitrogen and oxygen atoms in total. The van der Waals surface area contributed by atoms with E-state index in [0.29, 0.717) is 19.3 Å². The van der Waals surface area contributed by atoms with E-state index in [0.717, 1.165) is 30.6 Å². The molecule has 126 valence electrons. The average molecular weight is 321 g/mol. The summed E-state index contributed by atoms with van der Waals surface area (Å²) in [6.07, 6.45) is 5.41. The zero-order valence-electron chi connectivity index (χ0n) is 13.2. The molecule has 2 amide bonds. The van der Waals surface area contributed by atoms with Gasteiger partial charge in [-0.1, -0.05) is 12.8 Å². The van der Waals surface area contributed by atoms with Crippen LogP contribution in [0.2, 0.25) is 0 Å². The highest BCUT2D eigenvalue weighted by Gasteiger charge is 2.01. The van der Waals surface area contributed by atoms with Crippen LogP contribution < -0.4 is 15.6 Å². The first-order valence-electron chi connectivity index (χ1n) is 7.54. The Balaban J connectivity index is 2.11. The van der Waals surface area contributed by atoms with Gasteiger partial charge >= 0.3 is 0 Å². The maximum Gasteiger partial charge on any atom is 0.243 e. The molecule has 0 radical (unpaired) electrons. The molecule has 0 fully saturated rings. The maximum absolute atomic E-state index is 11.6. The molecule has 0 aromatic heterocycles. The number of hydrazone groups is 1. The number of hydrogen-bond donors (Lipinski definition) is 3. The summed E-state index contributed by atoms with van der Waals surface area (Å²) < 4.78 is 5.05. The number of unbranched alkanes of at least 4 members (excludes halogenated alkanes) is 3. The number of ether oxygens (including phenoxy) is 1. The van der Waals surface area contributed by atoms with E-state index >= 15 is 0 Å². The summed E-state index contributed by atoms with van der Waals surface area (Å²) in [5, 5.41) is 12.2. The Kier molecular flexibility index (Phi) is 9.07. The van der Waals surface area contributed by atoms with Crippen LogP contribution in [0.4, 0.5) is 0 Å². The van der Waals surface area contributed by atoms with Crippen LogP contribution in [0.5, 0.6) is 5.75 Å². The van der Waals surface area contributed by atoms with Gasteiger partial charge < -0.3 is 4.74 Å². The standard InChI is InChI=1S/C16H23N3O4/c1-23-14-10-8-13(9-11-14)12-17-18-15(20)6-4-2-3-5-7-16(21)19-22/h8-12,22H,2-7H2,1H3,(H,18,20)(H,19,21)/b17-12+. The fourth-order valence-corrected chi connectivity index (χ4v) is 1.91. The molecule has 0 saturated heterocycles. The Morgan fingerprint density at radius 2 is 1.70 bits per heavy atom. The van der Waals surface area contributed by atoms with Crippen molar-refractivity contribution >= 4 is 18.0 Å². The zero-order valence-corrected chi connectivity index (χ0v) is 13.2. The van der Waals surface area contributed by atoms with Crippen LogP contribution in [0.1, 0.15) is 44.1 Å². The van der Waals surface area contributed by atoms with Crippen LogP contribution in [-0.2, 0) is 9.59 Å². The van der Waals surface area contributed by atoms with Gasteiger partial charge in [-0.25, -0.2) is 10.9 Å². The minimum absolute atomic E-state index is 0.136. The molecular weight excluding hydrogens is 298 g/mol. The number of hydroxylamine groups is 1. The summed E-state index contributed by atoms with van der Waals surface area (Å²) >= 11 is 0. The third kappa shape index (κ3) is 8.57. The molecule has 1 rings (SSSR count). The lowest BCUT2D eigenvalue weighted by Crippen LogP contribution is -2.18. The highest BCUT2D eigenvalue weighted by Crippen LogP contribution is 2.09. The molecule has 0 bridgehead atoms. The van der Waals surface area contributed by atoms with Crippen LogP contribution in [0.3, 0.4) is 0 Å². The monoisotopic (exact) mass is 321 g/mol. The Hall–Kier alpha value is -2.41. The van der Waals surface area contributed by atoms with E-state index in [1.807, 2.05) is 24.3 Å². The number of hydrogen-bond acceptors (Lipinski definition) is 5. The molecule has 0 heterocycles. The van der Waals surface area contributed by atoms with Crippen molar-refractivity contribution in [3.8, 4) is 5.75 Å². The normalized spacial score (nSPS) is 10.5. The van der Waals surface area contributed by atoms with Crippen molar-refractivity contribution in [2.75, 3.05) is 7.11 Å². The molecule has 0 unspecified atom stereocenters. The van der Waals surface area contributed by atoms with E-state index in [1.54, 1.807) is 18.8 Å². The van der Waals surface area contributed by atoms with Crippen molar-refractivity contribution in [1.82, 2.24) is 10.9 Å². The van der Waals surface area contributed by atoms with Gasteiger partial charge in [-0.3, -0.25) is 14.8 Å². The van der Waals surface area contributed by atoms with Gasteiger partial charge in [-0.2, -0.15) is 5.10 Å². The minimum atomic E-state index is -0.379. The van der Waals surface area contributed by atoms with Crippen molar-refractivity contribution in [2.45, 2.75) is 38.5 Å². The number of carbonyl (C=O) groups is 2. The summed E-state index contributed by atoms with van der Waals surface area (Å²) in [7, 11) is 1.60. The maximum atomic E-state index is 11.6. The molecule has 1 aromatic rings. The SMILES string of the molecule is COc1ccc(/C=N/NC(=O)CCCCCCC(=O)NO)cc1. The molecular formula is C16H23N3O4. The summed E-state index contributed by atoms with van der Waals surface area (Å²) in [5.74, 6) is 0.251.